The number of aromatic nitrogens is 2. The molecule has 1 aromatic carbocycles. The zero-order chi connectivity index (χ0) is 13.3. The maximum absolute atomic E-state index is 13.3. The normalized spacial score (nSPS) is 10.7. The molecule has 0 saturated carbocycles. The Bertz CT molecular complexity index is 553. The third kappa shape index (κ3) is 2.85. The number of hydrogen-bond donors (Lipinski definition) is 0. The van der Waals surface area contributed by atoms with E-state index in [4.69, 9.17) is 11.6 Å². The topological polar surface area (TPSA) is 25.8 Å². The zero-order valence-corrected chi connectivity index (χ0v) is 11.3. The smallest absolute Gasteiger partial charge is 0.181 e. The van der Waals surface area contributed by atoms with E-state index in [9.17, 15) is 4.39 Å². The molecule has 18 heavy (non-hydrogen) atoms. The van der Waals surface area contributed by atoms with Crippen LogP contribution in [0.4, 0.5) is 4.39 Å². The molecule has 0 spiro atoms. The summed E-state index contributed by atoms with van der Waals surface area (Å²) in [5, 5.41) is -0.109. The van der Waals surface area contributed by atoms with E-state index in [1.54, 1.807) is 6.92 Å². The van der Waals surface area contributed by atoms with Gasteiger partial charge in [-0.05, 0) is 26.3 Å². The monoisotopic (exact) mass is 264 g/mol. The summed E-state index contributed by atoms with van der Waals surface area (Å²) in [4.78, 5) is 8.09. The molecular weight excluding hydrogens is 251 g/mol. The van der Waals surface area contributed by atoms with Crippen LogP contribution in [0.25, 0.3) is 0 Å². The summed E-state index contributed by atoms with van der Waals surface area (Å²) >= 11 is 5.72. The largest absolute Gasteiger partial charge is 0.235 e. The lowest BCUT2D eigenvalue weighted by Gasteiger charge is -2.06. The van der Waals surface area contributed by atoms with E-state index in [0.717, 1.165) is 5.56 Å². The van der Waals surface area contributed by atoms with E-state index in [1.165, 1.54) is 11.1 Å². The minimum atomic E-state index is -0.541. The van der Waals surface area contributed by atoms with Crippen molar-refractivity contribution in [3.05, 3.63) is 57.4 Å². The lowest BCUT2D eigenvalue weighted by atomic mass is 10.0. The summed E-state index contributed by atoms with van der Waals surface area (Å²) in [5.41, 5.74) is 3.77. The molecule has 0 aliphatic heterocycles. The molecule has 0 aliphatic rings. The first-order valence-corrected chi connectivity index (χ1v) is 6.09. The molecule has 2 rings (SSSR count). The Kier molecular flexibility index (Phi) is 3.62. The van der Waals surface area contributed by atoms with Crippen molar-refractivity contribution in [2.45, 2.75) is 27.2 Å². The van der Waals surface area contributed by atoms with Crippen molar-refractivity contribution in [2.24, 2.45) is 0 Å². The van der Waals surface area contributed by atoms with E-state index in [2.05, 4.69) is 28.2 Å². The van der Waals surface area contributed by atoms with Gasteiger partial charge in [0.15, 0.2) is 11.0 Å². The van der Waals surface area contributed by atoms with Gasteiger partial charge in [-0.3, -0.25) is 0 Å². The van der Waals surface area contributed by atoms with Crippen molar-refractivity contribution in [3.8, 4) is 0 Å². The zero-order valence-electron chi connectivity index (χ0n) is 10.6. The molecule has 0 amide bonds. The summed E-state index contributed by atoms with van der Waals surface area (Å²) in [6.45, 7) is 5.67. The molecule has 1 aromatic heterocycles. The average Bonchev–Trinajstić information content (AvgIpc) is 2.24. The molecular formula is C14H14ClFN2. The molecule has 0 N–H and O–H groups in total. The quantitative estimate of drug-likeness (QED) is 0.772. The SMILES string of the molecule is Cc1cc(C)cc(Cc2nc(C)c(F)c(Cl)n2)c1. The fraction of sp³-hybridized carbons (Fsp3) is 0.286. The van der Waals surface area contributed by atoms with Gasteiger partial charge in [-0.15, -0.1) is 0 Å². The van der Waals surface area contributed by atoms with Crippen molar-refractivity contribution in [1.29, 1.82) is 0 Å². The van der Waals surface area contributed by atoms with Gasteiger partial charge in [0.05, 0.1) is 5.69 Å². The van der Waals surface area contributed by atoms with Crippen LogP contribution in [0.2, 0.25) is 5.15 Å². The number of aryl methyl sites for hydroxylation is 3. The van der Waals surface area contributed by atoms with Crippen LogP contribution >= 0.6 is 11.6 Å². The molecule has 4 heteroatoms. The van der Waals surface area contributed by atoms with E-state index >= 15 is 0 Å². The Balaban J connectivity index is 2.34. The molecule has 0 unspecified atom stereocenters. The standard InChI is InChI=1S/C14H14ClFN2/c1-8-4-9(2)6-11(5-8)7-12-17-10(3)13(16)14(15)18-12/h4-6H,7H2,1-3H3. The predicted octanol–water partition coefficient (Wildman–Crippen LogP) is 3.79. The average molecular weight is 265 g/mol. The van der Waals surface area contributed by atoms with Crippen LogP contribution in [0.15, 0.2) is 18.2 Å². The molecule has 0 saturated heterocycles. The van der Waals surface area contributed by atoms with Gasteiger partial charge in [0.1, 0.15) is 5.82 Å². The van der Waals surface area contributed by atoms with E-state index < -0.39 is 5.82 Å². The van der Waals surface area contributed by atoms with Gasteiger partial charge < -0.3 is 0 Å². The van der Waals surface area contributed by atoms with E-state index in [1.807, 2.05) is 13.8 Å². The van der Waals surface area contributed by atoms with Gasteiger partial charge >= 0.3 is 0 Å². The first-order valence-electron chi connectivity index (χ1n) is 5.71. The third-order valence-electron chi connectivity index (χ3n) is 2.67. The summed E-state index contributed by atoms with van der Waals surface area (Å²) in [6, 6.07) is 6.25. The van der Waals surface area contributed by atoms with Gasteiger partial charge in [0, 0.05) is 6.42 Å². The van der Waals surface area contributed by atoms with Gasteiger partial charge in [-0.25, -0.2) is 14.4 Å². The minimum Gasteiger partial charge on any atom is -0.235 e. The maximum Gasteiger partial charge on any atom is 0.181 e. The third-order valence-corrected chi connectivity index (χ3v) is 2.92. The molecule has 1 heterocycles. The second-order valence-electron chi connectivity index (χ2n) is 4.50. The van der Waals surface area contributed by atoms with Crippen LogP contribution in [0.3, 0.4) is 0 Å². The van der Waals surface area contributed by atoms with Crippen LogP contribution in [-0.4, -0.2) is 9.97 Å². The lowest BCUT2D eigenvalue weighted by molar-refractivity contribution is 0.597. The Morgan fingerprint density at radius 3 is 2.22 bits per heavy atom. The second-order valence-corrected chi connectivity index (χ2v) is 4.86. The van der Waals surface area contributed by atoms with Gasteiger partial charge in [0.2, 0.25) is 0 Å². The van der Waals surface area contributed by atoms with Crippen molar-refractivity contribution >= 4 is 11.6 Å². The first-order chi connectivity index (χ1) is 8.45. The summed E-state index contributed by atoms with van der Waals surface area (Å²) in [7, 11) is 0. The van der Waals surface area contributed by atoms with E-state index in [-0.39, 0.29) is 10.8 Å². The van der Waals surface area contributed by atoms with Crippen LogP contribution in [0.5, 0.6) is 0 Å². The van der Waals surface area contributed by atoms with Gasteiger partial charge in [0.25, 0.3) is 0 Å². The fourth-order valence-corrected chi connectivity index (χ4v) is 2.25. The highest BCUT2D eigenvalue weighted by atomic mass is 35.5. The lowest BCUT2D eigenvalue weighted by Crippen LogP contribution is -2.02. The molecule has 2 aromatic rings. The summed E-state index contributed by atoms with van der Waals surface area (Å²) in [5.74, 6) is 0.00439. The molecule has 0 aliphatic carbocycles. The molecule has 0 fully saturated rings. The number of hydrogen-bond acceptors (Lipinski definition) is 2. The highest BCUT2D eigenvalue weighted by Gasteiger charge is 2.10. The fourth-order valence-electron chi connectivity index (χ4n) is 2.01. The number of nitrogens with zero attached hydrogens (tertiary/aromatic N) is 2. The predicted molar refractivity (Wildman–Crippen MR) is 70.5 cm³/mol. The number of benzene rings is 1. The Labute approximate surface area is 111 Å². The number of halogens is 2. The van der Waals surface area contributed by atoms with Crippen molar-refractivity contribution in [1.82, 2.24) is 9.97 Å². The van der Waals surface area contributed by atoms with Crippen molar-refractivity contribution in [3.63, 3.8) is 0 Å². The first kappa shape index (κ1) is 13.0. The molecule has 2 nitrogen and oxygen atoms in total. The van der Waals surface area contributed by atoms with E-state index in [0.29, 0.717) is 12.2 Å². The summed E-state index contributed by atoms with van der Waals surface area (Å²) < 4.78 is 13.3. The molecule has 0 atom stereocenters. The van der Waals surface area contributed by atoms with Crippen molar-refractivity contribution in [2.75, 3.05) is 0 Å². The highest BCUT2D eigenvalue weighted by Crippen LogP contribution is 2.17. The molecule has 94 valence electrons. The van der Waals surface area contributed by atoms with Gasteiger partial charge in [-0.2, -0.15) is 0 Å². The minimum absolute atomic E-state index is 0.109. The Morgan fingerprint density at radius 1 is 1.06 bits per heavy atom. The molecule has 0 bridgehead atoms. The molecule has 0 radical (unpaired) electrons. The number of rotatable bonds is 2. The maximum atomic E-state index is 13.3. The Hall–Kier alpha value is -1.48. The van der Waals surface area contributed by atoms with Crippen LogP contribution in [0.1, 0.15) is 28.2 Å². The van der Waals surface area contributed by atoms with Gasteiger partial charge in [-0.1, -0.05) is 40.9 Å². The van der Waals surface area contributed by atoms with Crippen LogP contribution in [0, 0.1) is 26.6 Å². The highest BCUT2D eigenvalue weighted by molar-refractivity contribution is 6.29. The van der Waals surface area contributed by atoms with Crippen LogP contribution < -0.4 is 0 Å². The second kappa shape index (κ2) is 5.02. The van der Waals surface area contributed by atoms with Crippen LogP contribution in [-0.2, 0) is 6.42 Å². The van der Waals surface area contributed by atoms with Crippen molar-refractivity contribution < 1.29 is 4.39 Å². The summed E-state index contributed by atoms with van der Waals surface area (Å²) in [6.07, 6.45) is 0.559. The Morgan fingerprint density at radius 2 is 1.67 bits per heavy atom.